The smallest absolute Gasteiger partial charge is 0.243 e. The first kappa shape index (κ1) is 31.2. The molecule has 3 aromatic rings. The summed E-state index contributed by atoms with van der Waals surface area (Å²) >= 11 is 6.23. The van der Waals surface area contributed by atoms with Gasteiger partial charge in [-0.1, -0.05) is 66.2 Å². The summed E-state index contributed by atoms with van der Waals surface area (Å²) in [5.41, 5.74) is 4.12. The van der Waals surface area contributed by atoms with Gasteiger partial charge in [-0.15, -0.1) is 0 Å². The van der Waals surface area contributed by atoms with Crippen LogP contribution in [0.15, 0.2) is 72.8 Å². The monoisotopic (exact) mass is 583 g/mol. The van der Waals surface area contributed by atoms with E-state index >= 15 is 0 Å². The molecule has 0 spiro atoms. The molecule has 0 radical (unpaired) electrons. The Labute approximate surface area is 243 Å². The minimum Gasteiger partial charge on any atom is -0.355 e. The van der Waals surface area contributed by atoms with Crippen LogP contribution in [-0.2, 0) is 32.6 Å². The van der Waals surface area contributed by atoms with E-state index in [4.69, 9.17) is 11.6 Å². The van der Waals surface area contributed by atoms with Gasteiger partial charge in [-0.3, -0.25) is 13.9 Å². The molecule has 0 saturated carbocycles. The molecule has 1 atom stereocenters. The number of aryl methyl sites for hydroxylation is 2. The molecule has 0 aliphatic heterocycles. The van der Waals surface area contributed by atoms with Gasteiger partial charge in [0.2, 0.25) is 21.8 Å². The average Bonchev–Trinajstić information content (AvgIpc) is 2.90. The summed E-state index contributed by atoms with van der Waals surface area (Å²) in [6.45, 7) is 6.39. The zero-order chi connectivity index (χ0) is 29.3. The average molecular weight is 584 g/mol. The lowest BCUT2D eigenvalue weighted by molar-refractivity contribution is -0.141. The van der Waals surface area contributed by atoms with Crippen molar-refractivity contribution in [1.82, 2.24) is 10.2 Å². The van der Waals surface area contributed by atoms with Crippen molar-refractivity contribution in [2.75, 3.05) is 23.7 Å². The Kier molecular flexibility index (Phi) is 11.2. The van der Waals surface area contributed by atoms with Gasteiger partial charge in [-0.25, -0.2) is 8.42 Å². The van der Waals surface area contributed by atoms with E-state index < -0.39 is 16.1 Å². The van der Waals surface area contributed by atoms with Gasteiger partial charge in [-0.05, 0) is 67.6 Å². The minimum atomic E-state index is -3.58. The van der Waals surface area contributed by atoms with Crippen LogP contribution >= 0.6 is 11.6 Å². The van der Waals surface area contributed by atoms with Gasteiger partial charge >= 0.3 is 0 Å². The van der Waals surface area contributed by atoms with Crippen molar-refractivity contribution in [3.05, 3.63) is 100 Å². The van der Waals surface area contributed by atoms with Crippen molar-refractivity contribution in [3.8, 4) is 0 Å². The second kappa shape index (κ2) is 14.3. The van der Waals surface area contributed by atoms with Gasteiger partial charge in [0, 0.05) is 37.5 Å². The third-order valence-corrected chi connectivity index (χ3v) is 8.06. The maximum atomic E-state index is 13.8. The highest BCUT2D eigenvalue weighted by molar-refractivity contribution is 7.92. The van der Waals surface area contributed by atoms with E-state index in [-0.39, 0.29) is 31.3 Å². The third-order valence-electron chi connectivity index (χ3n) is 6.65. The summed E-state index contributed by atoms with van der Waals surface area (Å²) < 4.78 is 26.8. The van der Waals surface area contributed by atoms with Crippen molar-refractivity contribution in [2.24, 2.45) is 0 Å². The number of hydrogen-bond donors (Lipinski definition) is 1. The molecule has 40 heavy (non-hydrogen) atoms. The van der Waals surface area contributed by atoms with Gasteiger partial charge in [0.15, 0.2) is 0 Å². The Hall–Kier alpha value is -3.36. The Morgan fingerprint density at radius 1 is 0.950 bits per heavy atom. The summed E-state index contributed by atoms with van der Waals surface area (Å²) in [7, 11) is -3.58. The molecular weight excluding hydrogens is 546 g/mol. The summed E-state index contributed by atoms with van der Waals surface area (Å²) in [5, 5.41) is 3.42. The number of nitrogens with one attached hydrogen (secondary N) is 1. The lowest BCUT2D eigenvalue weighted by Crippen LogP contribution is -2.50. The normalized spacial score (nSPS) is 12.0. The van der Waals surface area contributed by atoms with Crippen LogP contribution in [0.25, 0.3) is 0 Å². The first-order chi connectivity index (χ1) is 19.0. The first-order valence-electron chi connectivity index (χ1n) is 13.4. The number of carbonyl (C=O) groups excluding carboxylic acids is 2. The number of hydrogen-bond acceptors (Lipinski definition) is 4. The minimum absolute atomic E-state index is 0.0716. The topological polar surface area (TPSA) is 86.8 Å². The van der Waals surface area contributed by atoms with E-state index in [0.717, 1.165) is 22.3 Å². The molecule has 7 nitrogen and oxygen atoms in total. The van der Waals surface area contributed by atoms with Crippen LogP contribution in [0, 0.1) is 13.8 Å². The lowest BCUT2D eigenvalue weighted by Gasteiger charge is -2.32. The van der Waals surface area contributed by atoms with Crippen molar-refractivity contribution < 1.29 is 18.0 Å². The standard InChI is InChI=1S/C31H38ClN3O4S/c1-5-33-31(37)29(21-25-11-7-6-8-12-25)34(22-26-13-9-14-27(32)20-26)30(36)15-10-18-35(40(4,38)39)28-19-23(2)16-17-24(28)3/h6-9,11-14,16-17,19-20,29H,5,10,15,18,21-22H2,1-4H3,(H,33,37)/t29-/m0/s1. The van der Waals surface area contributed by atoms with E-state index in [0.29, 0.717) is 30.1 Å². The van der Waals surface area contributed by atoms with E-state index in [1.54, 1.807) is 17.0 Å². The zero-order valence-electron chi connectivity index (χ0n) is 23.6. The fourth-order valence-corrected chi connectivity index (χ4v) is 5.88. The van der Waals surface area contributed by atoms with Crippen molar-refractivity contribution in [2.45, 2.75) is 52.6 Å². The Bertz CT molecular complexity index is 1410. The van der Waals surface area contributed by atoms with Crippen molar-refractivity contribution in [1.29, 1.82) is 0 Å². The number of amides is 2. The molecule has 0 aromatic heterocycles. The number of nitrogens with zero attached hydrogens (tertiary/aromatic N) is 2. The second-order valence-corrected chi connectivity index (χ2v) is 12.3. The van der Waals surface area contributed by atoms with Gasteiger partial charge in [0.25, 0.3) is 0 Å². The number of sulfonamides is 1. The summed E-state index contributed by atoms with van der Waals surface area (Å²) in [4.78, 5) is 28.7. The quantitative estimate of drug-likeness (QED) is 0.297. The first-order valence-corrected chi connectivity index (χ1v) is 15.6. The number of benzene rings is 3. The van der Waals surface area contributed by atoms with Crippen LogP contribution in [0.5, 0.6) is 0 Å². The fourth-order valence-electron chi connectivity index (χ4n) is 4.65. The molecular formula is C31H38ClN3O4S. The second-order valence-electron chi connectivity index (χ2n) is 9.98. The third kappa shape index (κ3) is 8.83. The summed E-state index contributed by atoms with van der Waals surface area (Å²) in [6, 6.07) is 21.7. The molecule has 214 valence electrons. The van der Waals surface area contributed by atoms with E-state index in [9.17, 15) is 18.0 Å². The van der Waals surface area contributed by atoms with Gasteiger partial charge in [0.1, 0.15) is 6.04 Å². The van der Waals surface area contributed by atoms with E-state index in [1.807, 2.05) is 81.4 Å². The summed E-state index contributed by atoms with van der Waals surface area (Å²) in [6.07, 6.45) is 1.88. The van der Waals surface area contributed by atoms with Crippen LogP contribution in [0.2, 0.25) is 5.02 Å². The van der Waals surface area contributed by atoms with Crippen LogP contribution in [0.1, 0.15) is 42.0 Å². The maximum Gasteiger partial charge on any atom is 0.243 e. The highest BCUT2D eigenvalue weighted by Crippen LogP contribution is 2.25. The number of rotatable bonds is 13. The number of halogens is 1. The molecule has 9 heteroatoms. The predicted molar refractivity (Wildman–Crippen MR) is 162 cm³/mol. The van der Waals surface area contributed by atoms with Gasteiger partial charge in [0.05, 0.1) is 11.9 Å². The number of anilines is 1. The molecule has 0 bridgehead atoms. The summed E-state index contributed by atoms with van der Waals surface area (Å²) in [5.74, 6) is -0.476. The molecule has 0 heterocycles. The fraction of sp³-hybridized carbons (Fsp3) is 0.355. The molecule has 0 fully saturated rings. The van der Waals surface area contributed by atoms with Gasteiger partial charge in [-0.2, -0.15) is 0 Å². The SMILES string of the molecule is CCNC(=O)[C@H](Cc1ccccc1)N(Cc1cccc(Cl)c1)C(=O)CCCN(c1cc(C)ccc1C)S(C)(=O)=O. The highest BCUT2D eigenvalue weighted by atomic mass is 35.5. The Morgan fingerprint density at radius 3 is 2.30 bits per heavy atom. The van der Waals surface area contributed by atoms with Crippen LogP contribution in [0.4, 0.5) is 5.69 Å². The van der Waals surface area contributed by atoms with E-state index in [2.05, 4.69) is 5.32 Å². The molecule has 1 N–H and O–H groups in total. The predicted octanol–water partition coefficient (Wildman–Crippen LogP) is 5.28. The Morgan fingerprint density at radius 2 is 1.65 bits per heavy atom. The van der Waals surface area contributed by atoms with Crippen LogP contribution < -0.4 is 9.62 Å². The van der Waals surface area contributed by atoms with Crippen molar-refractivity contribution in [3.63, 3.8) is 0 Å². The number of likely N-dealkylation sites (N-methyl/N-ethyl adjacent to an activating group) is 1. The molecule has 0 saturated heterocycles. The highest BCUT2D eigenvalue weighted by Gasteiger charge is 2.30. The van der Waals surface area contributed by atoms with E-state index in [1.165, 1.54) is 10.6 Å². The lowest BCUT2D eigenvalue weighted by atomic mass is 10.0. The maximum absolute atomic E-state index is 13.8. The number of carbonyl (C=O) groups is 2. The van der Waals surface area contributed by atoms with Gasteiger partial charge < -0.3 is 10.2 Å². The van der Waals surface area contributed by atoms with Crippen LogP contribution in [0.3, 0.4) is 0 Å². The molecule has 3 aromatic carbocycles. The molecule has 3 rings (SSSR count). The molecule has 0 aliphatic rings. The van der Waals surface area contributed by atoms with Crippen molar-refractivity contribution >= 4 is 39.1 Å². The van der Waals surface area contributed by atoms with Crippen LogP contribution in [-0.4, -0.2) is 50.5 Å². The molecule has 2 amide bonds. The zero-order valence-corrected chi connectivity index (χ0v) is 25.1. The molecule has 0 unspecified atom stereocenters. The largest absolute Gasteiger partial charge is 0.355 e. The Balaban J connectivity index is 1.88. The molecule has 0 aliphatic carbocycles.